The van der Waals surface area contributed by atoms with Gasteiger partial charge in [-0.3, -0.25) is 10.1 Å². The van der Waals surface area contributed by atoms with Gasteiger partial charge in [0.15, 0.2) is 0 Å². The van der Waals surface area contributed by atoms with Gasteiger partial charge in [0.2, 0.25) is 0 Å². The Kier molecular flexibility index (Phi) is 3.44. The molecule has 9 heteroatoms. The maximum atomic E-state index is 12.5. The summed E-state index contributed by atoms with van der Waals surface area (Å²) < 4.78 is 37.6. The van der Waals surface area contributed by atoms with E-state index in [2.05, 4.69) is 0 Å². The minimum absolute atomic E-state index is 0.362. The number of hydrogen-bond acceptors (Lipinski definition) is 4. The summed E-state index contributed by atoms with van der Waals surface area (Å²) in [4.78, 5) is 9.41. The molecule has 5 nitrogen and oxygen atoms in total. The number of rotatable bonds is 2. The summed E-state index contributed by atoms with van der Waals surface area (Å²) in [6.07, 6.45) is -4.79. The molecule has 0 atom stereocenters. The topological polar surface area (TPSA) is 83.6 Å². The van der Waals surface area contributed by atoms with Gasteiger partial charge < -0.3 is 10.0 Å². The van der Waals surface area contributed by atoms with Gasteiger partial charge in [0.1, 0.15) is 0 Å². The highest BCUT2D eigenvalue weighted by molar-refractivity contribution is 6.59. The highest BCUT2D eigenvalue weighted by Crippen LogP contribution is 2.33. The Balaban J connectivity index is 3.55. The van der Waals surface area contributed by atoms with Crippen LogP contribution in [0.2, 0.25) is 0 Å². The molecule has 1 rings (SSSR count). The molecule has 2 N–H and O–H groups in total. The van der Waals surface area contributed by atoms with E-state index in [9.17, 15) is 23.3 Å². The molecule has 92 valence electrons. The summed E-state index contributed by atoms with van der Waals surface area (Å²) in [5.41, 5.74) is -3.08. The Hall–Kier alpha value is -1.61. The molecule has 0 heterocycles. The molecular formula is C8H7BF3NO4. The van der Waals surface area contributed by atoms with Crippen LogP contribution >= 0.6 is 0 Å². The lowest BCUT2D eigenvalue weighted by atomic mass is 9.75. The van der Waals surface area contributed by atoms with Gasteiger partial charge in [-0.05, 0) is 17.9 Å². The lowest BCUT2D eigenvalue weighted by Crippen LogP contribution is -2.34. The van der Waals surface area contributed by atoms with Crippen LogP contribution in [0, 0.1) is 17.0 Å². The fourth-order valence-corrected chi connectivity index (χ4v) is 1.39. The average Bonchev–Trinajstić information content (AvgIpc) is 2.15. The second-order valence-electron chi connectivity index (χ2n) is 3.34. The zero-order chi connectivity index (χ0) is 13.4. The number of nitro benzene ring substituents is 1. The summed E-state index contributed by atoms with van der Waals surface area (Å²) in [6, 6.07) is 1.07. The van der Waals surface area contributed by atoms with Gasteiger partial charge in [0.25, 0.3) is 5.69 Å². The molecule has 1 aromatic rings. The van der Waals surface area contributed by atoms with Crippen molar-refractivity contribution >= 4 is 18.3 Å². The fourth-order valence-electron chi connectivity index (χ4n) is 1.39. The lowest BCUT2D eigenvalue weighted by molar-refractivity contribution is -0.385. The monoisotopic (exact) mass is 249 g/mol. The standard InChI is InChI=1S/C8H7BF3NO4/c1-4-6(8(10,11)12)2-5(13(16)17)3-7(4)9(14)15/h2-3,14-15H,1H3. The molecule has 0 saturated carbocycles. The van der Waals surface area contributed by atoms with Gasteiger partial charge in [0.05, 0.1) is 10.5 Å². The van der Waals surface area contributed by atoms with Crippen LogP contribution in [0.25, 0.3) is 0 Å². The van der Waals surface area contributed by atoms with E-state index in [1.54, 1.807) is 0 Å². The highest BCUT2D eigenvalue weighted by Gasteiger charge is 2.36. The number of nitrogens with zero attached hydrogens (tertiary/aromatic N) is 1. The first kappa shape index (κ1) is 13.5. The maximum absolute atomic E-state index is 12.5. The first-order valence-corrected chi connectivity index (χ1v) is 4.37. The Labute approximate surface area is 93.8 Å². The molecule has 0 aliphatic heterocycles. The molecule has 0 fully saturated rings. The predicted molar refractivity (Wildman–Crippen MR) is 52.7 cm³/mol. The zero-order valence-electron chi connectivity index (χ0n) is 8.52. The Morgan fingerprint density at radius 2 is 1.88 bits per heavy atom. The first-order valence-electron chi connectivity index (χ1n) is 4.37. The van der Waals surface area contributed by atoms with E-state index in [4.69, 9.17) is 10.0 Å². The number of alkyl halides is 3. The van der Waals surface area contributed by atoms with Crippen molar-refractivity contribution in [2.45, 2.75) is 13.1 Å². The van der Waals surface area contributed by atoms with E-state index in [1.807, 2.05) is 0 Å². The summed E-state index contributed by atoms with van der Waals surface area (Å²) >= 11 is 0. The predicted octanol–water partition coefficient (Wildman–Crippen LogP) is 0.602. The molecule has 0 aromatic heterocycles. The van der Waals surface area contributed by atoms with Crippen LogP contribution in [-0.2, 0) is 6.18 Å². The molecular weight excluding hydrogens is 242 g/mol. The minimum atomic E-state index is -4.79. The Bertz CT molecular complexity index is 461. The molecule has 0 spiro atoms. The van der Waals surface area contributed by atoms with Crippen molar-refractivity contribution in [1.82, 2.24) is 0 Å². The highest BCUT2D eigenvalue weighted by atomic mass is 19.4. The van der Waals surface area contributed by atoms with Gasteiger partial charge in [-0.2, -0.15) is 13.2 Å². The number of halogens is 3. The molecule has 0 aliphatic carbocycles. The SMILES string of the molecule is Cc1c(B(O)O)cc([N+](=O)[O-])cc1C(F)(F)F. The molecule has 0 amide bonds. The third kappa shape index (κ3) is 2.74. The van der Waals surface area contributed by atoms with Crippen molar-refractivity contribution < 1.29 is 28.1 Å². The van der Waals surface area contributed by atoms with Gasteiger partial charge in [-0.15, -0.1) is 0 Å². The summed E-state index contributed by atoms with van der Waals surface area (Å²) in [7, 11) is -2.20. The molecule has 0 radical (unpaired) electrons. The Morgan fingerprint density at radius 3 is 2.24 bits per heavy atom. The summed E-state index contributed by atoms with van der Waals surface area (Å²) in [5, 5.41) is 28.2. The fraction of sp³-hybridized carbons (Fsp3) is 0.250. The number of nitro groups is 1. The normalized spacial score (nSPS) is 11.4. The second-order valence-corrected chi connectivity index (χ2v) is 3.34. The van der Waals surface area contributed by atoms with E-state index in [1.165, 1.54) is 0 Å². The van der Waals surface area contributed by atoms with Crippen LogP contribution < -0.4 is 5.46 Å². The smallest absolute Gasteiger partial charge is 0.423 e. The molecule has 1 aromatic carbocycles. The Morgan fingerprint density at radius 1 is 1.35 bits per heavy atom. The van der Waals surface area contributed by atoms with E-state index in [-0.39, 0.29) is 0 Å². The van der Waals surface area contributed by atoms with Gasteiger partial charge in [-0.1, -0.05) is 0 Å². The van der Waals surface area contributed by atoms with Gasteiger partial charge >= 0.3 is 13.3 Å². The number of hydrogen-bond donors (Lipinski definition) is 2. The van der Waals surface area contributed by atoms with Crippen LogP contribution in [0.3, 0.4) is 0 Å². The van der Waals surface area contributed by atoms with Crippen molar-refractivity contribution in [2.24, 2.45) is 0 Å². The minimum Gasteiger partial charge on any atom is -0.423 e. The van der Waals surface area contributed by atoms with Crippen LogP contribution in [0.1, 0.15) is 11.1 Å². The van der Waals surface area contributed by atoms with E-state index in [0.29, 0.717) is 12.1 Å². The number of benzene rings is 1. The first-order chi connectivity index (χ1) is 7.64. The van der Waals surface area contributed by atoms with Crippen LogP contribution in [0.4, 0.5) is 18.9 Å². The van der Waals surface area contributed by atoms with Crippen LogP contribution in [0.5, 0.6) is 0 Å². The second kappa shape index (κ2) is 4.34. The third-order valence-corrected chi connectivity index (χ3v) is 2.23. The lowest BCUT2D eigenvalue weighted by Gasteiger charge is -2.13. The van der Waals surface area contributed by atoms with Crippen molar-refractivity contribution in [3.05, 3.63) is 33.4 Å². The molecule has 0 bridgehead atoms. The van der Waals surface area contributed by atoms with Crippen LogP contribution in [0.15, 0.2) is 12.1 Å². The van der Waals surface area contributed by atoms with Crippen molar-refractivity contribution in [3.8, 4) is 0 Å². The van der Waals surface area contributed by atoms with E-state index in [0.717, 1.165) is 6.92 Å². The van der Waals surface area contributed by atoms with Gasteiger partial charge in [0, 0.05) is 12.1 Å². The quantitative estimate of drug-likeness (QED) is 0.456. The van der Waals surface area contributed by atoms with E-state index >= 15 is 0 Å². The average molecular weight is 249 g/mol. The van der Waals surface area contributed by atoms with Crippen LogP contribution in [-0.4, -0.2) is 22.1 Å². The molecule has 0 aliphatic rings. The van der Waals surface area contributed by atoms with Crippen molar-refractivity contribution in [2.75, 3.05) is 0 Å². The molecule has 17 heavy (non-hydrogen) atoms. The summed E-state index contributed by atoms with van der Waals surface area (Å²) in [6.45, 7) is 1.02. The molecule has 0 unspecified atom stereocenters. The van der Waals surface area contributed by atoms with Gasteiger partial charge in [-0.25, -0.2) is 0 Å². The summed E-state index contributed by atoms with van der Waals surface area (Å²) in [5.74, 6) is 0. The number of non-ortho nitro benzene ring substituents is 1. The van der Waals surface area contributed by atoms with E-state index < -0.39 is 40.5 Å². The maximum Gasteiger partial charge on any atom is 0.488 e. The zero-order valence-corrected chi connectivity index (χ0v) is 8.52. The van der Waals surface area contributed by atoms with Crippen molar-refractivity contribution in [1.29, 1.82) is 0 Å². The molecule has 0 saturated heterocycles. The van der Waals surface area contributed by atoms with Crippen molar-refractivity contribution in [3.63, 3.8) is 0 Å². The largest absolute Gasteiger partial charge is 0.488 e. The third-order valence-electron chi connectivity index (χ3n) is 2.23.